The summed E-state index contributed by atoms with van der Waals surface area (Å²) in [5.74, 6) is 1.73. The molecular weight excluding hydrogens is 220 g/mol. The lowest BCUT2D eigenvalue weighted by molar-refractivity contribution is 0.126. The molecule has 0 bridgehead atoms. The van der Waals surface area contributed by atoms with Gasteiger partial charge in [0.25, 0.3) is 0 Å². The average molecular weight is 250 g/mol. The summed E-state index contributed by atoms with van der Waals surface area (Å²) >= 11 is 0. The molecule has 0 aromatic carbocycles. The third-order valence-corrected chi connectivity index (χ3v) is 4.54. The maximum Gasteiger partial charge on any atom is 0.0117 e. The molecule has 0 radical (unpaired) electrons. The minimum atomic E-state index is 0.757. The van der Waals surface area contributed by atoms with Crippen LogP contribution in [0.25, 0.3) is 0 Å². The Morgan fingerprint density at radius 3 is 2.83 bits per heavy atom. The molecule has 2 nitrogen and oxygen atoms in total. The number of allylic oxidation sites excluding steroid dienone is 2. The summed E-state index contributed by atoms with van der Waals surface area (Å²) in [4.78, 5) is 2.71. The highest BCUT2D eigenvalue weighted by molar-refractivity contribution is 4.92. The van der Waals surface area contributed by atoms with Gasteiger partial charge in [-0.05, 0) is 57.0 Å². The molecule has 1 heterocycles. The van der Waals surface area contributed by atoms with Crippen LogP contribution in [0.15, 0.2) is 12.2 Å². The van der Waals surface area contributed by atoms with Gasteiger partial charge in [0.1, 0.15) is 0 Å². The Morgan fingerprint density at radius 1 is 1.28 bits per heavy atom. The van der Waals surface area contributed by atoms with Gasteiger partial charge in [-0.2, -0.15) is 0 Å². The first-order chi connectivity index (χ1) is 8.79. The van der Waals surface area contributed by atoms with E-state index in [1.807, 2.05) is 0 Å². The van der Waals surface area contributed by atoms with Gasteiger partial charge < -0.3 is 10.2 Å². The second kappa shape index (κ2) is 7.30. The Bertz CT molecular complexity index is 262. The Balaban J connectivity index is 1.72. The SMILES string of the molecule is CCCNC1CCN(CC2CC=CCC2)CC1C. The molecule has 3 unspecified atom stereocenters. The number of hydrogen-bond acceptors (Lipinski definition) is 2. The van der Waals surface area contributed by atoms with Crippen molar-refractivity contribution < 1.29 is 0 Å². The summed E-state index contributed by atoms with van der Waals surface area (Å²) in [6, 6.07) is 0.757. The lowest BCUT2D eigenvalue weighted by Crippen LogP contribution is -2.49. The van der Waals surface area contributed by atoms with Crippen LogP contribution in [0.5, 0.6) is 0 Å². The zero-order chi connectivity index (χ0) is 12.8. The van der Waals surface area contributed by atoms with Gasteiger partial charge in [0, 0.05) is 19.1 Å². The van der Waals surface area contributed by atoms with Crippen LogP contribution >= 0.6 is 0 Å². The first kappa shape index (κ1) is 14.1. The molecule has 1 fully saturated rings. The number of rotatable bonds is 5. The minimum absolute atomic E-state index is 0.757. The number of nitrogens with zero attached hydrogens (tertiary/aromatic N) is 1. The summed E-state index contributed by atoms with van der Waals surface area (Å²) in [5, 5.41) is 3.71. The van der Waals surface area contributed by atoms with Crippen LogP contribution in [0.4, 0.5) is 0 Å². The third-order valence-electron chi connectivity index (χ3n) is 4.54. The molecule has 0 saturated carbocycles. The monoisotopic (exact) mass is 250 g/mol. The van der Waals surface area contributed by atoms with E-state index in [0.717, 1.165) is 17.9 Å². The summed E-state index contributed by atoms with van der Waals surface area (Å²) < 4.78 is 0. The van der Waals surface area contributed by atoms with E-state index in [1.54, 1.807) is 0 Å². The van der Waals surface area contributed by atoms with Crippen LogP contribution in [0.1, 0.15) is 46.0 Å². The Labute approximate surface area is 113 Å². The molecule has 2 rings (SSSR count). The largest absolute Gasteiger partial charge is 0.314 e. The third kappa shape index (κ3) is 4.10. The van der Waals surface area contributed by atoms with Crippen molar-refractivity contribution in [2.75, 3.05) is 26.2 Å². The van der Waals surface area contributed by atoms with Crippen LogP contribution in [-0.4, -0.2) is 37.1 Å². The van der Waals surface area contributed by atoms with E-state index in [4.69, 9.17) is 0 Å². The van der Waals surface area contributed by atoms with Crippen molar-refractivity contribution >= 4 is 0 Å². The number of likely N-dealkylation sites (tertiary alicyclic amines) is 1. The van der Waals surface area contributed by atoms with Crippen LogP contribution in [-0.2, 0) is 0 Å². The van der Waals surface area contributed by atoms with Crippen molar-refractivity contribution in [3.05, 3.63) is 12.2 Å². The predicted molar refractivity (Wildman–Crippen MR) is 78.8 cm³/mol. The molecule has 0 amide bonds. The molecule has 1 saturated heterocycles. The van der Waals surface area contributed by atoms with Crippen molar-refractivity contribution in [2.45, 2.75) is 52.0 Å². The van der Waals surface area contributed by atoms with Gasteiger partial charge in [0.2, 0.25) is 0 Å². The van der Waals surface area contributed by atoms with Crippen molar-refractivity contribution in [1.29, 1.82) is 0 Å². The molecule has 104 valence electrons. The second-order valence-electron chi connectivity index (χ2n) is 6.24. The van der Waals surface area contributed by atoms with Gasteiger partial charge in [0.15, 0.2) is 0 Å². The minimum Gasteiger partial charge on any atom is -0.314 e. The highest BCUT2D eigenvalue weighted by atomic mass is 15.1. The maximum absolute atomic E-state index is 3.71. The maximum atomic E-state index is 3.71. The van der Waals surface area contributed by atoms with Crippen LogP contribution in [0.2, 0.25) is 0 Å². The fourth-order valence-electron chi connectivity index (χ4n) is 3.42. The van der Waals surface area contributed by atoms with E-state index in [1.165, 1.54) is 58.3 Å². The lowest BCUT2D eigenvalue weighted by atomic mass is 9.90. The molecule has 3 atom stereocenters. The van der Waals surface area contributed by atoms with Gasteiger partial charge in [0.05, 0.1) is 0 Å². The molecular formula is C16H30N2. The highest BCUT2D eigenvalue weighted by Crippen LogP contribution is 2.23. The number of hydrogen-bond donors (Lipinski definition) is 1. The topological polar surface area (TPSA) is 15.3 Å². The highest BCUT2D eigenvalue weighted by Gasteiger charge is 2.26. The normalized spacial score (nSPS) is 33.8. The van der Waals surface area contributed by atoms with Crippen molar-refractivity contribution in [3.63, 3.8) is 0 Å². The van der Waals surface area contributed by atoms with Crippen LogP contribution < -0.4 is 5.32 Å². The average Bonchev–Trinajstić information content (AvgIpc) is 2.39. The van der Waals surface area contributed by atoms with Gasteiger partial charge in [-0.1, -0.05) is 26.0 Å². The van der Waals surface area contributed by atoms with E-state index in [2.05, 4.69) is 36.2 Å². The zero-order valence-electron chi connectivity index (χ0n) is 12.2. The lowest BCUT2D eigenvalue weighted by Gasteiger charge is -2.39. The molecule has 1 aliphatic carbocycles. The van der Waals surface area contributed by atoms with Crippen molar-refractivity contribution in [2.24, 2.45) is 11.8 Å². The summed E-state index contributed by atoms with van der Waals surface area (Å²) in [6.07, 6.45) is 11.3. The smallest absolute Gasteiger partial charge is 0.0117 e. The fraction of sp³-hybridized carbons (Fsp3) is 0.875. The molecule has 2 aliphatic rings. The van der Waals surface area contributed by atoms with E-state index in [0.29, 0.717) is 0 Å². The molecule has 18 heavy (non-hydrogen) atoms. The van der Waals surface area contributed by atoms with E-state index in [9.17, 15) is 0 Å². The molecule has 1 aliphatic heterocycles. The molecule has 1 N–H and O–H groups in total. The Kier molecular flexibility index (Phi) is 5.71. The second-order valence-corrected chi connectivity index (χ2v) is 6.24. The standard InChI is InChI=1S/C16H30N2/c1-3-10-17-16-9-11-18(12-14(16)2)13-15-7-5-4-6-8-15/h4-5,14-17H,3,6-13H2,1-2H3. The van der Waals surface area contributed by atoms with Crippen molar-refractivity contribution in [1.82, 2.24) is 10.2 Å². The van der Waals surface area contributed by atoms with E-state index in [-0.39, 0.29) is 0 Å². The van der Waals surface area contributed by atoms with E-state index < -0.39 is 0 Å². The summed E-state index contributed by atoms with van der Waals surface area (Å²) in [6.45, 7) is 9.77. The molecule has 0 aromatic rings. The molecule has 2 heteroatoms. The summed E-state index contributed by atoms with van der Waals surface area (Å²) in [5.41, 5.74) is 0. The zero-order valence-corrected chi connectivity index (χ0v) is 12.2. The summed E-state index contributed by atoms with van der Waals surface area (Å²) in [7, 11) is 0. The Morgan fingerprint density at radius 2 is 2.17 bits per heavy atom. The fourth-order valence-corrected chi connectivity index (χ4v) is 3.42. The van der Waals surface area contributed by atoms with Gasteiger partial charge in [-0.25, -0.2) is 0 Å². The van der Waals surface area contributed by atoms with Gasteiger partial charge in [-0.3, -0.25) is 0 Å². The van der Waals surface area contributed by atoms with E-state index >= 15 is 0 Å². The Hall–Kier alpha value is -0.340. The first-order valence-corrected chi connectivity index (χ1v) is 7.90. The van der Waals surface area contributed by atoms with Crippen molar-refractivity contribution in [3.8, 4) is 0 Å². The number of piperidine rings is 1. The molecule has 0 aromatic heterocycles. The van der Waals surface area contributed by atoms with Crippen LogP contribution in [0, 0.1) is 11.8 Å². The van der Waals surface area contributed by atoms with Gasteiger partial charge in [-0.15, -0.1) is 0 Å². The van der Waals surface area contributed by atoms with Gasteiger partial charge >= 0.3 is 0 Å². The number of nitrogens with one attached hydrogen (secondary N) is 1. The molecule has 0 spiro atoms. The van der Waals surface area contributed by atoms with Crippen LogP contribution in [0.3, 0.4) is 0 Å². The first-order valence-electron chi connectivity index (χ1n) is 7.90. The predicted octanol–water partition coefficient (Wildman–Crippen LogP) is 3.05. The quantitative estimate of drug-likeness (QED) is 0.755.